The zero-order valence-corrected chi connectivity index (χ0v) is 13.4. The summed E-state index contributed by atoms with van der Waals surface area (Å²) in [6.07, 6.45) is -7.56. The van der Waals surface area contributed by atoms with Gasteiger partial charge in [0.25, 0.3) is 0 Å². The van der Waals surface area contributed by atoms with Crippen LogP contribution in [0.25, 0.3) is 22.3 Å². The Morgan fingerprint density at radius 1 is 0.667 bits per heavy atom. The number of hydrogen-bond acceptors (Lipinski definition) is 1. The number of rotatable bonds is 2. The molecule has 0 saturated carbocycles. The van der Waals surface area contributed by atoms with Crippen molar-refractivity contribution in [2.75, 3.05) is 0 Å². The average molecular weight is 385 g/mol. The summed E-state index contributed by atoms with van der Waals surface area (Å²) in [6.45, 7) is 0. The maximum absolute atomic E-state index is 14.1. The number of benzene rings is 2. The number of pyridine rings is 1. The maximum atomic E-state index is 14.1. The van der Waals surface area contributed by atoms with Gasteiger partial charge < -0.3 is 0 Å². The van der Waals surface area contributed by atoms with E-state index in [-0.39, 0.29) is 28.3 Å². The van der Waals surface area contributed by atoms with Gasteiger partial charge in [-0.1, -0.05) is 18.2 Å². The van der Waals surface area contributed by atoms with Crippen LogP contribution in [0.5, 0.6) is 0 Å². The molecular weight excluding hydrogens is 375 g/mol. The number of alkyl halides is 6. The zero-order valence-electron chi connectivity index (χ0n) is 13.4. The van der Waals surface area contributed by atoms with E-state index in [0.717, 1.165) is 12.3 Å². The van der Waals surface area contributed by atoms with Gasteiger partial charge in [0.1, 0.15) is 5.82 Å². The molecule has 0 bridgehead atoms. The first-order valence-corrected chi connectivity index (χ1v) is 7.56. The molecule has 0 amide bonds. The van der Waals surface area contributed by atoms with Crippen LogP contribution in [0.1, 0.15) is 11.1 Å². The molecule has 3 aromatic rings. The smallest absolute Gasteiger partial charge is 0.264 e. The van der Waals surface area contributed by atoms with Crippen molar-refractivity contribution >= 4 is 0 Å². The molecular formula is C19H10F7N. The van der Waals surface area contributed by atoms with Crippen molar-refractivity contribution < 1.29 is 30.7 Å². The summed E-state index contributed by atoms with van der Waals surface area (Å²) in [5.74, 6) is -0.659. The first kappa shape index (κ1) is 18.9. The lowest BCUT2D eigenvalue weighted by Gasteiger charge is -2.16. The zero-order chi connectivity index (χ0) is 19.8. The SMILES string of the molecule is Fc1ccccc1-c1ccncc1-c1cc(C(F)(F)F)cc(C(F)(F)F)c1. The summed E-state index contributed by atoms with van der Waals surface area (Å²) in [4.78, 5) is 3.78. The monoisotopic (exact) mass is 385 g/mol. The third-order valence-corrected chi connectivity index (χ3v) is 3.88. The van der Waals surface area contributed by atoms with Gasteiger partial charge in [0.05, 0.1) is 11.1 Å². The molecule has 0 saturated heterocycles. The van der Waals surface area contributed by atoms with Gasteiger partial charge in [-0.15, -0.1) is 0 Å². The molecule has 0 unspecified atom stereocenters. The fraction of sp³-hybridized carbons (Fsp3) is 0.105. The van der Waals surface area contributed by atoms with Gasteiger partial charge in [-0.05, 0) is 41.5 Å². The minimum Gasteiger partial charge on any atom is -0.264 e. The lowest BCUT2D eigenvalue weighted by Crippen LogP contribution is -2.11. The molecule has 0 aliphatic carbocycles. The highest BCUT2D eigenvalue weighted by molar-refractivity contribution is 5.83. The average Bonchev–Trinajstić information content (AvgIpc) is 2.60. The third kappa shape index (κ3) is 3.94. The molecule has 0 N–H and O–H groups in total. The Morgan fingerprint density at radius 2 is 1.26 bits per heavy atom. The predicted octanol–water partition coefficient (Wildman–Crippen LogP) is 6.59. The van der Waals surface area contributed by atoms with E-state index in [4.69, 9.17) is 0 Å². The number of hydrogen-bond donors (Lipinski definition) is 0. The standard InChI is InChI=1S/C19H10F7N/c20-17-4-2-1-3-15(17)14-5-6-27-10-16(14)11-7-12(18(21,22)23)9-13(8-11)19(24,25)26/h1-10H. The fourth-order valence-corrected chi connectivity index (χ4v) is 2.65. The van der Waals surface area contributed by atoms with E-state index in [2.05, 4.69) is 4.98 Å². The first-order chi connectivity index (χ1) is 12.6. The van der Waals surface area contributed by atoms with Crippen molar-refractivity contribution in [2.24, 2.45) is 0 Å². The summed E-state index contributed by atoms with van der Waals surface area (Å²) in [6, 6.07) is 8.03. The van der Waals surface area contributed by atoms with Crippen LogP contribution in [0.3, 0.4) is 0 Å². The normalized spacial score (nSPS) is 12.3. The Morgan fingerprint density at radius 3 is 1.81 bits per heavy atom. The molecule has 1 heterocycles. The van der Waals surface area contributed by atoms with Crippen LogP contribution in [0.2, 0.25) is 0 Å². The summed E-state index contributed by atoms with van der Waals surface area (Å²) < 4.78 is 92.7. The summed E-state index contributed by atoms with van der Waals surface area (Å²) in [5.41, 5.74) is -3.12. The largest absolute Gasteiger partial charge is 0.416 e. The molecule has 0 fully saturated rings. The molecule has 140 valence electrons. The Hall–Kier alpha value is -2.90. The van der Waals surface area contributed by atoms with Crippen molar-refractivity contribution in [1.82, 2.24) is 4.98 Å². The van der Waals surface area contributed by atoms with Crippen LogP contribution in [-0.2, 0) is 12.4 Å². The molecule has 1 aromatic heterocycles. The van der Waals surface area contributed by atoms with Crippen molar-refractivity contribution in [1.29, 1.82) is 0 Å². The van der Waals surface area contributed by atoms with Crippen molar-refractivity contribution in [3.05, 3.63) is 77.9 Å². The second-order valence-corrected chi connectivity index (χ2v) is 5.70. The fourth-order valence-electron chi connectivity index (χ4n) is 2.65. The summed E-state index contributed by atoms with van der Waals surface area (Å²) in [7, 11) is 0. The highest BCUT2D eigenvalue weighted by Crippen LogP contribution is 2.40. The molecule has 0 aliphatic rings. The van der Waals surface area contributed by atoms with E-state index in [0.29, 0.717) is 12.1 Å². The van der Waals surface area contributed by atoms with Gasteiger partial charge in [0.15, 0.2) is 0 Å². The van der Waals surface area contributed by atoms with Crippen molar-refractivity contribution in [2.45, 2.75) is 12.4 Å². The van der Waals surface area contributed by atoms with Crippen molar-refractivity contribution in [3.8, 4) is 22.3 Å². The van der Waals surface area contributed by atoms with Gasteiger partial charge in [0, 0.05) is 23.5 Å². The third-order valence-electron chi connectivity index (χ3n) is 3.88. The molecule has 2 aromatic carbocycles. The number of halogens is 7. The topological polar surface area (TPSA) is 12.9 Å². The van der Waals surface area contributed by atoms with E-state index in [1.54, 1.807) is 0 Å². The van der Waals surface area contributed by atoms with Crippen LogP contribution < -0.4 is 0 Å². The van der Waals surface area contributed by atoms with Gasteiger partial charge in [-0.3, -0.25) is 4.98 Å². The lowest BCUT2D eigenvalue weighted by atomic mass is 9.93. The van der Waals surface area contributed by atoms with Crippen LogP contribution in [0.4, 0.5) is 30.7 Å². The van der Waals surface area contributed by atoms with Crippen LogP contribution in [0.15, 0.2) is 60.9 Å². The quantitative estimate of drug-likeness (QED) is 0.454. The number of nitrogens with zero attached hydrogens (tertiary/aromatic N) is 1. The van der Waals surface area contributed by atoms with E-state index in [9.17, 15) is 30.7 Å². The van der Waals surface area contributed by atoms with Crippen LogP contribution in [-0.4, -0.2) is 4.98 Å². The Kier molecular flexibility index (Phi) is 4.67. The van der Waals surface area contributed by atoms with Gasteiger partial charge in [-0.2, -0.15) is 26.3 Å². The molecule has 1 nitrogen and oxygen atoms in total. The Bertz CT molecular complexity index is 942. The lowest BCUT2D eigenvalue weighted by molar-refractivity contribution is -0.143. The van der Waals surface area contributed by atoms with E-state index >= 15 is 0 Å². The van der Waals surface area contributed by atoms with Crippen molar-refractivity contribution in [3.63, 3.8) is 0 Å². The molecule has 27 heavy (non-hydrogen) atoms. The second kappa shape index (κ2) is 6.68. The summed E-state index contributed by atoms with van der Waals surface area (Å²) >= 11 is 0. The first-order valence-electron chi connectivity index (χ1n) is 7.56. The van der Waals surface area contributed by atoms with Gasteiger partial charge in [-0.25, -0.2) is 4.39 Å². The predicted molar refractivity (Wildman–Crippen MR) is 85.1 cm³/mol. The minimum absolute atomic E-state index is 0.0424. The van der Waals surface area contributed by atoms with E-state index < -0.39 is 29.3 Å². The molecule has 0 spiro atoms. The second-order valence-electron chi connectivity index (χ2n) is 5.70. The molecule has 8 heteroatoms. The van der Waals surface area contributed by atoms with Crippen LogP contribution >= 0.6 is 0 Å². The summed E-state index contributed by atoms with van der Waals surface area (Å²) in [5, 5.41) is 0. The van der Waals surface area contributed by atoms with Gasteiger partial charge in [0.2, 0.25) is 0 Å². The molecule has 0 atom stereocenters. The highest BCUT2D eigenvalue weighted by atomic mass is 19.4. The molecule has 3 rings (SSSR count). The minimum atomic E-state index is -4.98. The molecule has 0 aliphatic heterocycles. The van der Waals surface area contributed by atoms with Crippen LogP contribution in [0, 0.1) is 5.82 Å². The highest BCUT2D eigenvalue weighted by Gasteiger charge is 2.37. The Balaban J connectivity index is 2.28. The van der Waals surface area contributed by atoms with E-state index in [1.807, 2.05) is 0 Å². The molecule has 0 radical (unpaired) electrons. The van der Waals surface area contributed by atoms with E-state index in [1.165, 1.54) is 30.5 Å². The van der Waals surface area contributed by atoms with Gasteiger partial charge >= 0.3 is 12.4 Å². The number of aromatic nitrogens is 1. The maximum Gasteiger partial charge on any atom is 0.416 e. The Labute approximate surface area is 149 Å².